The Morgan fingerprint density at radius 1 is 1.33 bits per heavy atom. The van der Waals surface area contributed by atoms with Crippen molar-refractivity contribution in [2.75, 3.05) is 5.32 Å². The Balaban J connectivity index is 2.22. The van der Waals surface area contributed by atoms with Crippen LogP contribution in [0.25, 0.3) is 0 Å². The number of carboxylic acid groups (broad SMARTS) is 1. The van der Waals surface area contributed by atoms with Crippen molar-refractivity contribution in [3.8, 4) is 0 Å². The average Bonchev–Trinajstić information content (AvgIpc) is 2.80. The number of anilines is 1. The zero-order valence-electron chi connectivity index (χ0n) is 9.11. The van der Waals surface area contributed by atoms with Gasteiger partial charge in [-0.1, -0.05) is 0 Å². The summed E-state index contributed by atoms with van der Waals surface area (Å²) in [6.45, 7) is 0.175. The summed E-state index contributed by atoms with van der Waals surface area (Å²) in [6, 6.07) is 4.79. The van der Waals surface area contributed by atoms with E-state index in [1.807, 2.05) is 0 Å². The lowest BCUT2D eigenvalue weighted by molar-refractivity contribution is 0.0692. The van der Waals surface area contributed by atoms with E-state index in [4.69, 9.17) is 9.52 Å². The van der Waals surface area contributed by atoms with Crippen molar-refractivity contribution in [1.82, 2.24) is 0 Å². The molecule has 1 heterocycles. The molecule has 2 aromatic rings. The highest BCUT2D eigenvalue weighted by Gasteiger charge is 2.15. The first-order chi connectivity index (χ1) is 8.58. The average molecular weight is 253 g/mol. The summed E-state index contributed by atoms with van der Waals surface area (Å²) in [5.41, 5.74) is -0.677. The third-order valence-electron chi connectivity index (χ3n) is 2.32. The molecular weight excluding hydrogens is 244 g/mol. The molecule has 0 spiro atoms. The fourth-order valence-corrected chi connectivity index (χ4v) is 1.44. The van der Waals surface area contributed by atoms with Crippen LogP contribution in [-0.4, -0.2) is 11.1 Å². The van der Waals surface area contributed by atoms with Gasteiger partial charge >= 0.3 is 5.97 Å². The fourth-order valence-electron chi connectivity index (χ4n) is 1.44. The Bertz CT molecular complexity index is 567. The molecule has 0 aliphatic carbocycles. The molecule has 0 radical (unpaired) electrons. The first kappa shape index (κ1) is 12.1. The number of benzene rings is 1. The fraction of sp³-hybridized carbons (Fsp3) is 0.0833. The predicted molar refractivity (Wildman–Crippen MR) is 59.4 cm³/mol. The summed E-state index contributed by atoms with van der Waals surface area (Å²) < 4.78 is 31.5. The van der Waals surface area contributed by atoms with Crippen LogP contribution in [0.2, 0.25) is 0 Å². The Kier molecular flexibility index (Phi) is 3.27. The van der Waals surface area contributed by atoms with Crippen LogP contribution >= 0.6 is 0 Å². The SMILES string of the molecule is O=C(O)c1cc(NCc2ccco2)c(F)cc1F. The van der Waals surface area contributed by atoms with Crippen LogP contribution in [0.1, 0.15) is 16.1 Å². The largest absolute Gasteiger partial charge is 0.478 e. The molecule has 0 aliphatic heterocycles. The van der Waals surface area contributed by atoms with E-state index >= 15 is 0 Å². The van der Waals surface area contributed by atoms with Crippen LogP contribution in [0.15, 0.2) is 34.9 Å². The van der Waals surface area contributed by atoms with Gasteiger partial charge in [0.15, 0.2) is 0 Å². The maximum atomic E-state index is 13.4. The van der Waals surface area contributed by atoms with E-state index in [2.05, 4.69) is 5.32 Å². The van der Waals surface area contributed by atoms with E-state index < -0.39 is 23.2 Å². The van der Waals surface area contributed by atoms with Crippen molar-refractivity contribution in [3.05, 3.63) is 53.5 Å². The Morgan fingerprint density at radius 2 is 2.11 bits per heavy atom. The van der Waals surface area contributed by atoms with Gasteiger partial charge in [0.2, 0.25) is 0 Å². The van der Waals surface area contributed by atoms with Gasteiger partial charge in [0.1, 0.15) is 17.4 Å². The summed E-state index contributed by atoms with van der Waals surface area (Å²) in [6.07, 6.45) is 1.46. The van der Waals surface area contributed by atoms with Gasteiger partial charge in [-0.25, -0.2) is 13.6 Å². The minimum absolute atomic E-state index is 0.0924. The molecule has 0 saturated heterocycles. The summed E-state index contributed by atoms with van der Waals surface area (Å²) in [4.78, 5) is 10.7. The maximum absolute atomic E-state index is 13.4. The van der Waals surface area contributed by atoms with Gasteiger partial charge in [0, 0.05) is 6.07 Å². The summed E-state index contributed by atoms with van der Waals surface area (Å²) in [7, 11) is 0. The number of carbonyl (C=O) groups is 1. The molecule has 94 valence electrons. The van der Waals surface area contributed by atoms with Gasteiger partial charge in [0.05, 0.1) is 24.1 Å². The number of furan rings is 1. The van der Waals surface area contributed by atoms with Crippen LogP contribution in [-0.2, 0) is 6.54 Å². The van der Waals surface area contributed by atoms with Gasteiger partial charge in [-0.2, -0.15) is 0 Å². The van der Waals surface area contributed by atoms with Crippen LogP contribution < -0.4 is 5.32 Å². The number of halogens is 2. The second-order valence-electron chi connectivity index (χ2n) is 3.55. The van der Waals surface area contributed by atoms with E-state index in [-0.39, 0.29) is 12.2 Å². The van der Waals surface area contributed by atoms with Crippen LogP contribution in [0.4, 0.5) is 14.5 Å². The van der Waals surface area contributed by atoms with Crippen molar-refractivity contribution in [1.29, 1.82) is 0 Å². The van der Waals surface area contributed by atoms with E-state index in [9.17, 15) is 13.6 Å². The number of rotatable bonds is 4. The molecule has 0 unspecified atom stereocenters. The van der Waals surface area contributed by atoms with E-state index in [1.54, 1.807) is 12.1 Å². The van der Waals surface area contributed by atoms with Crippen LogP contribution in [0.3, 0.4) is 0 Å². The predicted octanol–water partition coefficient (Wildman–Crippen LogP) is 2.87. The van der Waals surface area contributed by atoms with Gasteiger partial charge in [0.25, 0.3) is 0 Å². The van der Waals surface area contributed by atoms with Crippen molar-refractivity contribution in [2.24, 2.45) is 0 Å². The van der Waals surface area contributed by atoms with Crippen molar-refractivity contribution < 1.29 is 23.1 Å². The van der Waals surface area contributed by atoms with E-state index in [1.165, 1.54) is 6.26 Å². The quantitative estimate of drug-likeness (QED) is 0.879. The molecule has 0 fully saturated rings. The highest BCUT2D eigenvalue weighted by Crippen LogP contribution is 2.20. The Hall–Kier alpha value is -2.37. The summed E-state index contributed by atoms with van der Waals surface area (Å²) in [5.74, 6) is -2.86. The van der Waals surface area contributed by atoms with Gasteiger partial charge in [-0.05, 0) is 18.2 Å². The first-order valence-corrected chi connectivity index (χ1v) is 5.06. The highest BCUT2D eigenvalue weighted by atomic mass is 19.1. The number of aromatic carboxylic acids is 1. The Labute approximate surface area is 101 Å². The summed E-state index contributed by atoms with van der Waals surface area (Å²) in [5, 5.41) is 11.4. The molecule has 6 heteroatoms. The number of hydrogen-bond acceptors (Lipinski definition) is 3. The third kappa shape index (κ3) is 2.48. The molecule has 0 aliphatic rings. The van der Waals surface area contributed by atoms with Crippen molar-refractivity contribution in [2.45, 2.75) is 6.54 Å². The molecule has 0 atom stereocenters. The standard InChI is InChI=1S/C12H9F2NO3/c13-9-5-10(14)11(4-8(9)12(16)17)15-6-7-2-1-3-18-7/h1-5,15H,6H2,(H,16,17). The molecule has 4 nitrogen and oxygen atoms in total. The first-order valence-electron chi connectivity index (χ1n) is 5.06. The number of carboxylic acids is 1. The van der Waals surface area contributed by atoms with E-state index in [0.29, 0.717) is 11.8 Å². The van der Waals surface area contributed by atoms with Crippen LogP contribution in [0.5, 0.6) is 0 Å². The molecule has 0 bridgehead atoms. The van der Waals surface area contributed by atoms with Gasteiger partial charge in [-0.15, -0.1) is 0 Å². The Morgan fingerprint density at radius 3 is 2.72 bits per heavy atom. The van der Waals surface area contributed by atoms with Gasteiger partial charge in [-0.3, -0.25) is 0 Å². The summed E-state index contributed by atoms with van der Waals surface area (Å²) >= 11 is 0. The second-order valence-corrected chi connectivity index (χ2v) is 3.55. The van der Waals surface area contributed by atoms with Crippen LogP contribution in [0, 0.1) is 11.6 Å². The topological polar surface area (TPSA) is 62.5 Å². The lowest BCUT2D eigenvalue weighted by atomic mass is 10.1. The minimum Gasteiger partial charge on any atom is -0.478 e. The molecule has 2 N–H and O–H groups in total. The normalized spacial score (nSPS) is 10.3. The number of nitrogens with one attached hydrogen (secondary N) is 1. The highest BCUT2D eigenvalue weighted by molar-refractivity contribution is 5.89. The van der Waals surface area contributed by atoms with E-state index in [0.717, 1.165) is 6.07 Å². The number of hydrogen-bond donors (Lipinski definition) is 2. The zero-order chi connectivity index (χ0) is 13.1. The monoisotopic (exact) mass is 253 g/mol. The molecule has 0 saturated carbocycles. The molecule has 18 heavy (non-hydrogen) atoms. The molecule has 1 aromatic carbocycles. The smallest absolute Gasteiger partial charge is 0.338 e. The third-order valence-corrected chi connectivity index (χ3v) is 2.32. The molecule has 2 rings (SSSR count). The lowest BCUT2D eigenvalue weighted by Gasteiger charge is -2.07. The molecular formula is C12H9F2NO3. The minimum atomic E-state index is -1.45. The zero-order valence-corrected chi connectivity index (χ0v) is 9.11. The second kappa shape index (κ2) is 4.87. The lowest BCUT2D eigenvalue weighted by Crippen LogP contribution is -2.06. The maximum Gasteiger partial charge on any atom is 0.338 e. The molecule has 0 amide bonds. The van der Waals surface area contributed by atoms with Gasteiger partial charge < -0.3 is 14.8 Å². The van der Waals surface area contributed by atoms with Crippen molar-refractivity contribution >= 4 is 11.7 Å². The van der Waals surface area contributed by atoms with Crippen molar-refractivity contribution in [3.63, 3.8) is 0 Å². The molecule has 1 aromatic heterocycles.